The number of benzene rings is 8. The van der Waals surface area contributed by atoms with Gasteiger partial charge in [-0.25, -0.2) is 19.9 Å². The van der Waals surface area contributed by atoms with Crippen molar-refractivity contribution in [2.45, 2.75) is 103 Å². The largest absolute Gasteiger partial charge is 1.00 e. The van der Waals surface area contributed by atoms with Gasteiger partial charge < -0.3 is 59.5 Å². The molecule has 0 saturated heterocycles. The first kappa shape index (κ1) is 64.2. The van der Waals surface area contributed by atoms with E-state index in [1.54, 1.807) is 0 Å². The van der Waals surface area contributed by atoms with Crippen LogP contribution >= 0.6 is 0 Å². The van der Waals surface area contributed by atoms with Crippen LogP contribution in [0.2, 0.25) is 0 Å². The number of carbonyl (C=O) groups excluding carboxylic acids is 4. The summed E-state index contributed by atoms with van der Waals surface area (Å²) in [7, 11) is 0. The van der Waals surface area contributed by atoms with E-state index < -0.39 is 49.6 Å². The van der Waals surface area contributed by atoms with Crippen molar-refractivity contribution in [3.63, 3.8) is 0 Å². The molecule has 20 heteroatoms. The van der Waals surface area contributed by atoms with E-state index in [4.69, 9.17) is 19.9 Å². The Hall–Kier alpha value is -6.48. The first-order valence-electron chi connectivity index (χ1n) is 30.3. The number of imidazole rings is 4. The number of carbonyl (C=O) groups is 4. The molecule has 4 atom stereocenters. The van der Waals surface area contributed by atoms with Gasteiger partial charge in [0.15, 0.2) is 0 Å². The van der Waals surface area contributed by atoms with Crippen LogP contribution in [0.3, 0.4) is 0 Å². The maximum absolute atomic E-state index is 12.2. The number of aromatic amines is 4. The molecule has 5 aliphatic rings. The van der Waals surface area contributed by atoms with Gasteiger partial charge in [-0.2, -0.15) is 0 Å². The molecule has 12 aromatic rings. The van der Waals surface area contributed by atoms with Crippen molar-refractivity contribution in [1.29, 1.82) is 0 Å². The van der Waals surface area contributed by atoms with Crippen LogP contribution in [0.4, 0.5) is 0 Å². The van der Waals surface area contributed by atoms with Crippen LogP contribution in [0, 0.1) is 0 Å². The van der Waals surface area contributed by atoms with Crippen molar-refractivity contribution in [2.75, 3.05) is 0 Å². The van der Waals surface area contributed by atoms with Gasteiger partial charge in [-0.1, -0.05) is 52.0 Å². The van der Waals surface area contributed by atoms with Gasteiger partial charge in [-0.05, 0) is 232 Å². The number of nitrogens with zero attached hydrogens (tertiary/aromatic N) is 4. The molecule has 17 rings (SSSR count). The van der Waals surface area contributed by atoms with E-state index in [9.17, 15) is 39.6 Å². The zero-order chi connectivity index (χ0) is 60.0. The number of hydrogen-bond donors (Lipinski definition) is 4. The molecule has 0 unspecified atom stereocenters. The summed E-state index contributed by atoms with van der Waals surface area (Å²) in [6.07, 6.45) is 1.38. The Balaban J connectivity index is 0.00000193. The Kier molecular flexibility index (Phi) is 16.6. The summed E-state index contributed by atoms with van der Waals surface area (Å²) in [5, 5.41) is 48.7. The van der Waals surface area contributed by atoms with Crippen LogP contribution in [0.15, 0.2) is 97.1 Å². The Morgan fingerprint density at radius 2 is 0.457 bits per heavy atom. The van der Waals surface area contributed by atoms with Gasteiger partial charge in [0.2, 0.25) is 0 Å². The number of carboxylic acid groups (broad SMARTS) is 4. The number of carboxylic acids is 4. The predicted molar refractivity (Wildman–Crippen MR) is 325 cm³/mol. The Morgan fingerprint density at radius 1 is 0.283 bits per heavy atom. The number of hydrogen-bond acceptors (Lipinski definition) is 12. The Labute approximate surface area is 615 Å². The number of aromatic nitrogens is 8. The van der Waals surface area contributed by atoms with Gasteiger partial charge in [0.1, 0.15) is 23.3 Å². The van der Waals surface area contributed by atoms with E-state index in [-0.39, 0.29) is 165 Å². The molecule has 0 amide bonds. The molecule has 4 heterocycles. The summed E-state index contributed by atoms with van der Waals surface area (Å²) < 4.78 is 0. The van der Waals surface area contributed by atoms with E-state index in [2.05, 4.69) is 145 Å². The topological polar surface area (TPSA) is 275 Å². The first-order valence-corrected chi connectivity index (χ1v) is 30.3. The van der Waals surface area contributed by atoms with Gasteiger partial charge in [0.25, 0.3) is 0 Å². The van der Waals surface area contributed by atoms with Crippen molar-refractivity contribution in [1.82, 2.24) is 39.9 Å². The minimum Gasteiger partial charge on any atom is -0.550 e. The second-order valence-electron chi connectivity index (χ2n) is 24.5. The van der Waals surface area contributed by atoms with Crippen LogP contribution in [0.1, 0.15) is 145 Å². The van der Waals surface area contributed by atoms with E-state index in [1.807, 2.05) is 0 Å². The Morgan fingerprint density at radius 3 is 0.620 bits per heavy atom. The van der Waals surface area contributed by atoms with Crippen molar-refractivity contribution in [3.05, 3.63) is 165 Å². The van der Waals surface area contributed by atoms with E-state index in [0.717, 1.165) is 159 Å². The maximum Gasteiger partial charge on any atom is 1.00 e. The van der Waals surface area contributed by atoms with Gasteiger partial charge in [0.05, 0.1) is 44.1 Å². The second kappa shape index (κ2) is 23.8. The van der Waals surface area contributed by atoms with Crippen molar-refractivity contribution < 1.29 is 158 Å². The molecule has 5 aliphatic carbocycles. The molecule has 0 saturated carbocycles. The third kappa shape index (κ3) is 9.75. The van der Waals surface area contributed by atoms with Gasteiger partial charge in [-0.15, -0.1) is 0 Å². The average molecular weight is 1250 g/mol. The minimum absolute atomic E-state index is 0. The number of fused-ring (bicyclic) bond motifs is 16. The fourth-order valence-electron chi connectivity index (χ4n) is 16.2. The molecule has 432 valence electrons. The van der Waals surface area contributed by atoms with Crippen molar-refractivity contribution in [2.24, 2.45) is 0 Å². The average Bonchev–Trinajstić information content (AvgIpc) is 1.53. The minimum atomic E-state index is -1.25. The molecule has 0 fully saturated rings. The van der Waals surface area contributed by atoms with Crippen LogP contribution in [-0.2, 0) is 44.9 Å². The first-order chi connectivity index (χ1) is 42.6. The quantitative estimate of drug-likeness (QED) is 0.0922. The molecule has 92 heavy (non-hydrogen) atoms. The monoisotopic (exact) mass is 1250 g/mol. The summed E-state index contributed by atoms with van der Waals surface area (Å²) in [5.41, 5.74) is 29.7. The van der Waals surface area contributed by atoms with Crippen molar-refractivity contribution in [3.8, 4) is 89.0 Å². The summed E-state index contributed by atoms with van der Waals surface area (Å²) in [5.74, 6) is -4.41. The SMILES string of the molecule is CC[C@@H]1c2cc3c4cc2-c2cc5nc(CC(=O)[O-])[nH]c5cc2-c2cc5c(cc21)[C@@H](CC)c1cc2c(cc1-c1cc6[nH]c(CC(=O)[O-])nc6cc1-5)-c1cc5[nH]c(CC(=O)[O-])nc5cc1-c1cc(c(cc1[C@@H]2CC)[C@H]3CC)-c1cc2[nH]c(CC(=O)[O-])nc2cc1-4.[Na+].[Na+].[Na+].[Na+]. The molecule has 0 radical (unpaired) electrons. The normalized spacial score (nSPS) is 16.0. The number of H-pyrrole nitrogens is 4. The standard InChI is InChI=1S/C72H56N8O8.4Na/c1-5-29-33-9-35-30(6-2)37-11-39-32(8-4)40-12-38-31(7-3)36-10-34(29)42-14-44(36)52-20-60-62(78-67(76-60)27-71(85)86)22-54(52)46(38)16-48(40)56-24-64-63(79-68(80-64)28-72(87)88)23-55(56)47(39)15-45(37)53-21-61-59(75-66(77-61)26-70(83)84)19-51(53)43(35)13-41(33)49-17-57-58(18-50(42)49)74-65(73-57)25-69(81)82;;;;/h9-24,29-32H,5-8,25-28H2,1-4H3,(H,73,74)(H,75,77)(H,76,78)(H,79,80)(H,81,82)(H,83,84)(H,85,86)(H,87,88);;;;/q;4*+1/p-4/t29-,30+,31-,32+;;;;. The molecule has 8 aromatic carbocycles. The van der Waals surface area contributed by atoms with Gasteiger partial charge in [0, 0.05) is 73.2 Å². The molecule has 16 nitrogen and oxygen atoms in total. The van der Waals surface area contributed by atoms with E-state index in [1.165, 1.54) is 0 Å². The smallest absolute Gasteiger partial charge is 0.550 e. The fourth-order valence-corrected chi connectivity index (χ4v) is 16.2. The van der Waals surface area contributed by atoms with Crippen molar-refractivity contribution >= 4 is 68.0 Å². The van der Waals surface area contributed by atoms with Crippen LogP contribution < -0.4 is 139 Å². The molecular weight excluding hydrogens is 1200 g/mol. The van der Waals surface area contributed by atoms with Gasteiger partial charge >= 0.3 is 118 Å². The van der Waals surface area contributed by atoms with E-state index >= 15 is 0 Å². The molecule has 0 aliphatic heterocycles. The maximum atomic E-state index is 12.2. The Bertz CT molecular complexity index is 4350. The number of rotatable bonds is 12. The third-order valence-corrected chi connectivity index (χ3v) is 19.8. The molecular formula is C72H52N8Na4O8. The summed E-state index contributed by atoms with van der Waals surface area (Å²) in [6.45, 7) is 9.02. The van der Waals surface area contributed by atoms with Gasteiger partial charge in [-0.3, -0.25) is 0 Å². The molecule has 0 spiro atoms. The fraction of sp³-hybridized carbons (Fsp3) is 0.222. The van der Waals surface area contributed by atoms with Crippen LogP contribution in [0.25, 0.3) is 133 Å². The van der Waals surface area contributed by atoms with E-state index in [0.29, 0.717) is 44.1 Å². The molecule has 4 aromatic heterocycles. The molecule has 4 N–H and O–H groups in total. The zero-order valence-electron chi connectivity index (χ0n) is 52.3. The summed E-state index contributed by atoms with van der Waals surface area (Å²) in [4.78, 5) is 81.6. The number of nitrogens with one attached hydrogen (secondary N) is 4. The molecule has 8 bridgehead atoms. The second-order valence-corrected chi connectivity index (χ2v) is 24.5. The predicted octanol–water partition coefficient (Wildman–Crippen LogP) is -2.55. The summed E-state index contributed by atoms with van der Waals surface area (Å²) in [6, 6.07) is 36.1. The number of aliphatic carboxylic acids is 4. The third-order valence-electron chi connectivity index (χ3n) is 19.8. The zero-order valence-corrected chi connectivity index (χ0v) is 60.3. The summed E-state index contributed by atoms with van der Waals surface area (Å²) >= 11 is 0. The van der Waals surface area contributed by atoms with Crippen LogP contribution in [-0.4, -0.2) is 63.7 Å². The van der Waals surface area contributed by atoms with Crippen LogP contribution in [0.5, 0.6) is 0 Å².